The Morgan fingerprint density at radius 2 is 1.53 bits per heavy atom. The highest BCUT2D eigenvalue weighted by Crippen LogP contribution is 2.15. The second-order valence-corrected chi connectivity index (χ2v) is 8.33. The van der Waals surface area contributed by atoms with Crippen molar-refractivity contribution < 1.29 is 14.4 Å². The molecule has 0 atom stereocenters. The molecule has 0 aliphatic heterocycles. The zero-order chi connectivity index (χ0) is 24.5. The van der Waals surface area contributed by atoms with Crippen molar-refractivity contribution in [1.82, 2.24) is 10.2 Å². The number of carbonyl (C=O) groups excluding carboxylic acids is 3. The maximum absolute atomic E-state index is 12.8. The normalized spacial score (nSPS) is 10.5. The molecule has 176 valence electrons. The summed E-state index contributed by atoms with van der Waals surface area (Å²) in [6, 6.07) is 23.6. The number of rotatable bonds is 9. The number of hydrogen-bond acceptors (Lipinski definition) is 4. The van der Waals surface area contributed by atoms with Crippen LogP contribution >= 0.6 is 0 Å². The molecule has 0 saturated heterocycles. The Morgan fingerprint density at radius 1 is 0.824 bits per heavy atom. The Kier molecular flexibility index (Phi) is 8.40. The van der Waals surface area contributed by atoms with E-state index in [0.717, 1.165) is 11.3 Å². The summed E-state index contributed by atoms with van der Waals surface area (Å²) in [7, 11) is 1.75. The van der Waals surface area contributed by atoms with Gasteiger partial charge in [0.1, 0.15) is 0 Å². The van der Waals surface area contributed by atoms with E-state index in [1.165, 1.54) is 0 Å². The molecule has 3 aromatic rings. The van der Waals surface area contributed by atoms with Crippen molar-refractivity contribution in [1.29, 1.82) is 0 Å². The van der Waals surface area contributed by atoms with E-state index in [0.29, 0.717) is 23.4 Å². The molecule has 3 N–H and O–H groups in total. The lowest BCUT2D eigenvalue weighted by Gasteiger charge is -2.18. The fourth-order valence-electron chi connectivity index (χ4n) is 3.35. The number of amides is 3. The van der Waals surface area contributed by atoms with Crippen LogP contribution in [-0.2, 0) is 11.3 Å². The standard InChI is InChI=1S/C27H30N4O3/c1-19(2)29-26(33)21-12-14-23(15-13-21)28-17-25(32)30-24-11-7-10-22(16-24)27(34)31(3)18-20-8-5-4-6-9-20/h4-16,19,28H,17-18H2,1-3H3,(H,29,33)(H,30,32). The van der Waals surface area contributed by atoms with Gasteiger partial charge in [0.25, 0.3) is 11.8 Å². The Balaban J connectivity index is 1.53. The number of nitrogens with one attached hydrogen (secondary N) is 3. The molecule has 0 unspecified atom stereocenters. The van der Waals surface area contributed by atoms with Gasteiger partial charge in [-0.1, -0.05) is 36.4 Å². The van der Waals surface area contributed by atoms with Crippen LogP contribution in [0.5, 0.6) is 0 Å². The van der Waals surface area contributed by atoms with Crippen LogP contribution < -0.4 is 16.0 Å². The minimum atomic E-state index is -0.246. The van der Waals surface area contributed by atoms with E-state index in [-0.39, 0.29) is 30.3 Å². The lowest BCUT2D eigenvalue weighted by Crippen LogP contribution is -2.30. The highest BCUT2D eigenvalue weighted by Gasteiger charge is 2.13. The molecule has 0 bridgehead atoms. The fourth-order valence-corrected chi connectivity index (χ4v) is 3.35. The first-order chi connectivity index (χ1) is 16.3. The molecule has 0 aliphatic rings. The molecular formula is C27H30N4O3. The summed E-state index contributed by atoms with van der Waals surface area (Å²) < 4.78 is 0. The van der Waals surface area contributed by atoms with Crippen LogP contribution in [0.25, 0.3) is 0 Å². The molecule has 0 spiro atoms. The van der Waals surface area contributed by atoms with E-state index in [1.54, 1.807) is 60.5 Å². The minimum absolute atomic E-state index is 0.0453. The molecule has 3 aromatic carbocycles. The van der Waals surface area contributed by atoms with Crippen LogP contribution in [0.15, 0.2) is 78.9 Å². The van der Waals surface area contributed by atoms with E-state index >= 15 is 0 Å². The van der Waals surface area contributed by atoms with Gasteiger partial charge in [0.2, 0.25) is 5.91 Å². The average molecular weight is 459 g/mol. The van der Waals surface area contributed by atoms with Crippen LogP contribution in [0.4, 0.5) is 11.4 Å². The third kappa shape index (κ3) is 7.20. The van der Waals surface area contributed by atoms with Gasteiger partial charge in [0.15, 0.2) is 0 Å². The molecule has 0 heterocycles. The molecule has 0 aromatic heterocycles. The molecule has 0 saturated carbocycles. The fraction of sp³-hybridized carbons (Fsp3) is 0.222. The monoisotopic (exact) mass is 458 g/mol. The van der Waals surface area contributed by atoms with Crippen molar-refractivity contribution in [2.45, 2.75) is 26.4 Å². The highest BCUT2D eigenvalue weighted by atomic mass is 16.2. The van der Waals surface area contributed by atoms with Gasteiger partial charge in [-0.25, -0.2) is 0 Å². The minimum Gasteiger partial charge on any atom is -0.376 e. The number of carbonyl (C=O) groups is 3. The summed E-state index contributed by atoms with van der Waals surface area (Å²) in [6.07, 6.45) is 0. The summed E-state index contributed by atoms with van der Waals surface area (Å²) >= 11 is 0. The van der Waals surface area contributed by atoms with E-state index in [9.17, 15) is 14.4 Å². The number of nitrogens with zero attached hydrogens (tertiary/aromatic N) is 1. The lowest BCUT2D eigenvalue weighted by atomic mass is 10.1. The number of hydrogen-bond donors (Lipinski definition) is 3. The summed E-state index contributed by atoms with van der Waals surface area (Å²) in [5.41, 5.74) is 3.37. The predicted molar refractivity (Wildman–Crippen MR) is 135 cm³/mol. The van der Waals surface area contributed by atoms with Gasteiger partial charge in [-0.2, -0.15) is 0 Å². The summed E-state index contributed by atoms with van der Waals surface area (Å²) in [5.74, 6) is -0.508. The molecule has 7 heteroatoms. The summed E-state index contributed by atoms with van der Waals surface area (Å²) in [6.45, 7) is 4.35. The van der Waals surface area contributed by atoms with Crippen molar-refractivity contribution in [2.75, 3.05) is 24.2 Å². The van der Waals surface area contributed by atoms with Gasteiger partial charge in [-0.05, 0) is 61.9 Å². The Labute approximate surface area is 200 Å². The van der Waals surface area contributed by atoms with Gasteiger partial charge in [0.05, 0.1) is 6.54 Å². The van der Waals surface area contributed by atoms with Crippen LogP contribution in [0.1, 0.15) is 40.1 Å². The molecule has 0 fully saturated rings. The van der Waals surface area contributed by atoms with E-state index in [4.69, 9.17) is 0 Å². The van der Waals surface area contributed by atoms with Crippen molar-refractivity contribution in [2.24, 2.45) is 0 Å². The number of benzene rings is 3. The van der Waals surface area contributed by atoms with Gasteiger partial charge < -0.3 is 20.9 Å². The number of anilines is 2. The SMILES string of the molecule is CC(C)NC(=O)c1ccc(NCC(=O)Nc2cccc(C(=O)N(C)Cc3ccccc3)c2)cc1. The summed E-state index contributed by atoms with van der Waals surface area (Å²) in [4.78, 5) is 38.9. The van der Waals surface area contributed by atoms with Crippen LogP contribution in [0.2, 0.25) is 0 Å². The van der Waals surface area contributed by atoms with Crippen LogP contribution in [-0.4, -0.2) is 42.3 Å². The predicted octanol–water partition coefficient (Wildman–Crippen LogP) is 4.15. The third-order valence-corrected chi connectivity index (χ3v) is 5.02. The first kappa shape index (κ1) is 24.5. The van der Waals surface area contributed by atoms with Gasteiger partial charge in [0, 0.05) is 42.1 Å². The Bertz CT molecular complexity index is 1130. The molecule has 3 amide bonds. The van der Waals surface area contributed by atoms with Gasteiger partial charge in [-0.15, -0.1) is 0 Å². The first-order valence-corrected chi connectivity index (χ1v) is 11.2. The maximum atomic E-state index is 12.8. The van der Waals surface area contributed by atoms with E-state index in [2.05, 4.69) is 16.0 Å². The smallest absolute Gasteiger partial charge is 0.253 e. The van der Waals surface area contributed by atoms with Crippen molar-refractivity contribution >= 4 is 29.1 Å². The third-order valence-electron chi connectivity index (χ3n) is 5.02. The van der Waals surface area contributed by atoms with Crippen molar-refractivity contribution in [3.8, 4) is 0 Å². The zero-order valence-electron chi connectivity index (χ0n) is 19.7. The van der Waals surface area contributed by atoms with Crippen molar-refractivity contribution in [3.63, 3.8) is 0 Å². The van der Waals surface area contributed by atoms with Gasteiger partial charge >= 0.3 is 0 Å². The van der Waals surface area contributed by atoms with Crippen LogP contribution in [0, 0.1) is 0 Å². The molecule has 0 aliphatic carbocycles. The molecule has 7 nitrogen and oxygen atoms in total. The van der Waals surface area contributed by atoms with E-state index < -0.39 is 0 Å². The topological polar surface area (TPSA) is 90.5 Å². The lowest BCUT2D eigenvalue weighted by molar-refractivity contribution is -0.114. The highest BCUT2D eigenvalue weighted by molar-refractivity contribution is 5.98. The zero-order valence-corrected chi connectivity index (χ0v) is 19.7. The van der Waals surface area contributed by atoms with Crippen molar-refractivity contribution in [3.05, 3.63) is 95.6 Å². The maximum Gasteiger partial charge on any atom is 0.253 e. The van der Waals surface area contributed by atoms with Gasteiger partial charge in [-0.3, -0.25) is 14.4 Å². The first-order valence-electron chi connectivity index (χ1n) is 11.2. The Morgan fingerprint density at radius 3 is 2.21 bits per heavy atom. The summed E-state index contributed by atoms with van der Waals surface area (Å²) in [5, 5.41) is 8.68. The largest absolute Gasteiger partial charge is 0.376 e. The average Bonchev–Trinajstić information content (AvgIpc) is 2.83. The molecule has 0 radical (unpaired) electrons. The quantitative estimate of drug-likeness (QED) is 0.449. The molecule has 34 heavy (non-hydrogen) atoms. The van der Waals surface area contributed by atoms with E-state index in [1.807, 2.05) is 44.2 Å². The molecule has 3 rings (SSSR count). The Hall–Kier alpha value is -4.13. The second kappa shape index (κ2) is 11.7. The van der Waals surface area contributed by atoms with Crippen LogP contribution in [0.3, 0.4) is 0 Å². The second-order valence-electron chi connectivity index (χ2n) is 8.33. The molecular weight excluding hydrogens is 428 g/mol.